The summed E-state index contributed by atoms with van der Waals surface area (Å²) in [6.45, 7) is 0. The summed E-state index contributed by atoms with van der Waals surface area (Å²) in [5.74, 6) is 0.547. The Morgan fingerprint density at radius 2 is 1.56 bits per heavy atom. The van der Waals surface area contributed by atoms with Gasteiger partial charge in [0.2, 0.25) is 5.91 Å². The molecule has 3 aromatic carbocycles. The standard InChI is InChI=1S/C22H19NO2/c1-25-21-14-8-5-11-18(21)15-16-22(24)23-20-13-7-6-12-19(20)17-9-3-2-4-10-17/h2-16H,1H3,(H,23,24)/b16-15+. The minimum absolute atomic E-state index is 0.186. The fourth-order valence-corrected chi connectivity index (χ4v) is 2.61. The van der Waals surface area contributed by atoms with Gasteiger partial charge in [-0.3, -0.25) is 4.79 Å². The minimum Gasteiger partial charge on any atom is -0.496 e. The van der Waals surface area contributed by atoms with Crippen LogP contribution in [0.2, 0.25) is 0 Å². The molecule has 3 nitrogen and oxygen atoms in total. The minimum atomic E-state index is -0.186. The number of ether oxygens (including phenoxy) is 1. The van der Waals surface area contributed by atoms with Gasteiger partial charge in [-0.05, 0) is 23.8 Å². The predicted molar refractivity (Wildman–Crippen MR) is 103 cm³/mol. The Morgan fingerprint density at radius 1 is 0.880 bits per heavy atom. The van der Waals surface area contributed by atoms with Crippen LogP contribution in [0.3, 0.4) is 0 Å². The van der Waals surface area contributed by atoms with E-state index in [1.54, 1.807) is 13.2 Å². The molecule has 3 aromatic rings. The largest absolute Gasteiger partial charge is 0.496 e. The number of rotatable bonds is 5. The van der Waals surface area contributed by atoms with Gasteiger partial charge in [0.15, 0.2) is 0 Å². The van der Waals surface area contributed by atoms with E-state index in [1.807, 2.05) is 78.9 Å². The third kappa shape index (κ3) is 4.15. The van der Waals surface area contributed by atoms with Crippen molar-refractivity contribution in [3.8, 4) is 16.9 Å². The van der Waals surface area contributed by atoms with Crippen molar-refractivity contribution < 1.29 is 9.53 Å². The molecule has 3 heteroatoms. The van der Waals surface area contributed by atoms with Gasteiger partial charge in [-0.25, -0.2) is 0 Å². The third-order valence-corrected chi connectivity index (χ3v) is 3.82. The lowest BCUT2D eigenvalue weighted by Gasteiger charge is -2.10. The lowest BCUT2D eigenvalue weighted by atomic mass is 10.0. The maximum Gasteiger partial charge on any atom is 0.248 e. The van der Waals surface area contributed by atoms with E-state index in [0.29, 0.717) is 0 Å². The normalized spacial score (nSPS) is 10.6. The Labute approximate surface area is 147 Å². The Morgan fingerprint density at radius 3 is 2.36 bits per heavy atom. The van der Waals surface area contributed by atoms with Crippen LogP contribution in [0.15, 0.2) is 84.9 Å². The molecule has 0 aliphatic rings. The number of anilines is 1. The molecule has 0 fully saturated rings. The summed E-state index contributed by atoms with van der Waals surface area (Å²) in [6.07, 6.45) is 3.26. The summed E-state index contributed by atoms with van der Waals surface area (Å²) >= 11 is 0. The van der Waals surface area contributed by atoms with Crippen molar-refractivity contribution in [3.05, 3.63) is 90.5 Å². The average molecular weight is 329 g/mol. The van der Waals surface area contributed by atoms with Gasteiger partial charge in [0.1, 0.15) is 5.75 Å². The van der Waals surface area contributed by atoms with E-state index in [1.165, 1.54) is 6.08 Å². The summed E-state index contributed by atoms with van der Waals surface area (Å²) in [7, 11) is 1.61. The van der Waals surface area contributed by atoms with Crippen molar-refractivity contribution in [1.82, 2.24) is 0 Å². The van der Waals surface area contributed by atoms with E-state index in [4.69, 9.17) is 4.74 Å². The Bertz CT molecular complexity index is 885. The molecular weight excluding hydrogens is 310 g/mol. The highest BCUT2D eigenvalue weighted by Crippen LogP contribution is 2.27. The second-order valence-electron chi connectivity index (χ2n) is 5.48. The molecule has 0 radical (unpaired) electrons. The van der Waals surface area contributed by atoms with Crippen molar-refractivity contribution in [2.75, 3.05) is 12.4 Å². The molecule has 0 aliphatic carbocycles. The van der Waals surface area contributed by atoms with Gasteiger partial charge >= 0.3 is 0 Å². The van der Waals surface area contributed by atoms with Crippen molar-refractivity contribution in [2.45, 2.75) is 0 Å². The summed E-state index contributed by atoms with van der Waals surface area (Å²) in [4.78, 5) is 12.3. The number of carbonyl (C=O) groups is 1. The maximum absolute atomic E-state index is 12.3. The topological polar surface area (TPSA) is 38.3 Å². The van der Waals surface area contributed by atoms with E-state index in [9.17, 15) is 4.79 Å². The van der Waals surface area contributed by atoms with Crippen LogP contribution < -0.4 is 10.1 Å². The average Bonchev–Trinajstić information content (AvgIpc) is 2.67. The van der Waals surface area contributed by atoms with Gasteiger partial charge in [0.25, 0.3) is 0 Å². The first-order valence-corrected chi connectivity index (χ1v) is 8.04. The number of benzene rings is 3. The predicted octanol–water partition coefficient (Wildman–Crippen LogP) is 5.01. The molecule has 25 heavy (non-hydrogen) atoms. The van der Waals surface area contributed by atoms with Gasteiger partial charge in [0.05, 0.1) is 7.11 Å². The first-order valence-electron chi connectivity index (χ1n) is 8.04. The van der Waals surface area contributed by atoms with Gasteiger partial charge in [0, 0.05) is 22.9 Å². The number of carbonyl (C=O) groups excluding carboxylic acids is 1. The highest BCUT2D eigenvalue weighted by atomic mass is 16.5. The van der Waals surface area contributed by atoms with E-state index in [2.05, 4.69) is 5.32 Å². The molecule has 0 saturated heterocycles. The molecule has 0 aliphatic heterocycles. The highest BCUT2D eigenvalue weighted by molar-refractivity contribution is 6.04. The quantitative estimate of drug-likeness (QED) is 0.668. The molecular formula is C22H19NO2. The van der Waals surface area contributed by atoms with Gasteiger partial charge in [-0.2, -0.15) is 0 Å². The first kappa shape index (κ1) is 16.5. The SMILES string of the molecule is COc1ccccc1/C=C/C(=O)Nc1ccccc1-c1ccccc1. The monoisotopic (exact) mass is 329 g/mol. The molecule has 1 N–H and O–H groups in total. The van der Waals surface area contributed by atoms with Crippen LogP contribution in [0.5, 0.6) is 5.75 Å². The van der Waals surface area contributed by atoms with E-state index >= 15 is 0 Å². The van der Waals surface area contributed by atoms with Crippen molar-refractivity contribution in [1.29, 1.82) is 0 Å². The van der Waals surface area contributed by atoms with Crippen LogP contribution in [0.25, 0.3) is 17.2 Å². The van der Waals surface area contributed by atoms with Crippen LogP contribution in [-0.2, 0) is 4.79 Å². The summed E-state index contributed by atoms with van der Waals surface area (Å²) < 4.78 is 5.29. The molecule has 0 aromatic heterocycles. The lowest BCUT2D eigenvalue weighted by molar-refractivity contribution is -0.111. The number of hydrogen-bond acceptors (Lipinski definition) is 2. The smallest absolute Gasteiger partial charge is 0.248 e. The molecule has 0 atom stereocenters. The van der Waals surface area contributed by atoms with Crippen LogP contribution in [0, 0.1) is 0 Å². The third-order valence-electron chi connectivity index (χ3n) is 3.82. The number of nitrogens with one attached hydrogen (secondary N) is 1. The fourth-order valence-electron chi connectivity index (χ4n) is 2.61. The summed E-state index contributed by atoms with van der Waals surface area (Å²) in [5.41, 5.74) is 3.69. The Kier molecular flexibility index (Phi) is 5.27. The van der Waals surface area contributed by atoms with Gasteiger partial charge < -0.3 is 10.1 Å². The molecule has 0 heterocycles. The zero-order valence-electron chi connectivity index (χ0n) is 14.0. The number of amides is 1. The van der Waals surface area contributed by atoms with Gasteiger partial charge in [-0.1, -0.05) is 66.7 Å². The lowest BCUT2D eigenvalue weighted by Crippen LogP contribution is -2.08. The molecule has 124 valence electrons. The van der Waals surface area contributed by atoms with Crippen molar-refractivity contribution in [3.63, 3.8) is 0 Å². The fraction of sp³-hybridized carbons (Fsp3) is 0.0455. The van der Waals surface area contributed by atoms with E-state index in [0.717, 1.165) is 28.1 Å². The summed E-state index contributed by atoms with van der Waals surface area (Å²) in [5, 5.41) is 2.95. The van der Waals surface area contributed by atoms with Crippen LogP contribution in [0.1, 0.15) is 5.56 Å². The van der Waals surface area contributed by atoms with Crippen LogP contribution in [-0.4, -0.2) is 13.0 Å². The molecule has 0 spiro atoms. The van der Waals surface area contributed by atoms with Crippen molar-refractivity contribution >= 4 is 17.7 Å². The second kappa shape index (κ2) is 7.97. The Balaban J connectivity index is 1.79. The Hall–Kier alpha value is -3.33. The van der Waals surface area contributed by atoms with Crippen LogP contribution >= 0.6 is 0 Å². The van der Waals surface area contributed by atoms with E-state index in [-0.39, 0.29) is 5.91 Å². The molecule has 3 rings (SSSR count). The highest BCUT2D eigenvalue weighted by Gasteiger charge is 2.06. The van der Waals surface area contributed by atoms with E-state index < -0.39 is 0 Å². The van der Waals surface area contributed by atoms with Gasteiger partial charge in [-0.15, -0.1) is 0 Å². The molecule has 0 saturated carbocycles. The summed E-state index contributed by atoms with van der Waals surface area (Å²) in [6, 6.07) is 25.3. The second-order valence-corrected chi connectivity index (χ2v) is 5.48. The number of methoxy groups -OCH3 is 1. The first-order chi connectivity index (χ1) is 12.3. The zero-order valence-corrected chi connectivity index (χ0v) is 14.0. The van der Waals surface area contributed by atoms with Crippen molar-refractivity contribution in [2.24, 2.45) is 0 Å². The number of hydrogen-bond donors (Lipinski definition) is 1. The van der Waals surface area contributed by atoms with Crippen LogP contribution in [0.4, 0.5) is 5.69 Å². The number of para-hydroxylation sites is 2. The zero-order chi connectivity index (χ0) is 17.5. The molecule has 0 bridgehead atoms. The molecule has 1 amide bonds. The maximum atomic E-state index is 12.3. The molecule has 0 unspecified atom stereocenters.